The van der Waals surface area contributed by atoms with E-state index in [9.17, 15) is 9.59 Å². The van der Waals surface area contributed by atoms with E-state index in [1.165, 1.54) is 0 Å². The lowest BCUT2D eigenvalue weighted by Gasteiger charge is -2.14. The number of carbonyl (C=O) groups excluding carboxylic acids is 1. The van der Waals surface area contributed by atoms with Gasteiger partial charge < -0.3 is 9.88 Å². The first-order valence-corrected chi connectivity index (χ1v) is 9.70. The first-order valence-electron chi connectivity index (χ1n) is 8.91. The number of amides is 1. The number of hydrogen-bond acceptors (Lipinski definition) is 4. The van der Waals surface area contributed by atoms with E-state index in [-0.39, 0.29) is 11.5 Å². The molecule has 4 rings (SSSR count). The molecule has 142 valence electrons. The zero-order valence-electron chi connectivity index (χ0n) is 15.2. The van der Waals surface area contributed by atoms with Crippen molar-refractivity contribution in [2.75, 3.05) is 6.54 Å². The maximum absolute atomic E-state index is 12.6. The number of fused-ring (bicyclic) bond motifs is 2. The lowest BCUT2D eigenvalue weighted by atomic mass is 10.2. The molecule has 0 aliphatic carbocycles. The number of hydrogen-bond donors (Lipinski definition) is 1. The van der Waals surface area contributed by atoms with Crippen LogP contribution < -0.4 is 10.9 Å². The number of aromatic nitrogens is 4. The van der Waals surface area contributed by atoms with Crippen molar-refractivity contribution in [3.05, 3.63) is 69.6 Å². The average molecular weight is 440 g/mol. The number of halogens is 1. The van der Waals surface area contributed by atoms with Crippen LogP contribution in [0.4, 0.5) is 0 Å². The van der Waals surface area contributed by atoms with E-state index in [0.29, 0.717) is 24.0 Å². The van der Waals surface area contributed by atoms with Crippen LogP contribution in [0.5, 0.6) is 0 Å². The summed E-state index contributed by atoms with van der Waals surface area (Å²) >= 11 is 3.48. The van der Waals surface area contributed by atoms with Gasteiger partial charge in [0, 0.05) is 29.3 Å². The average Bonchev–Trinajstić information content (AvgIpc) is 3.10. The minimum absolute atomic E-state index is 0.274. The molecule has 1 N–H and O–H groups in total. The second kappa shape index (κ2) is 7.55. The Hall–Kier alpha value is -3.00. The quantitative estimate of drug-likeness (QED) is 0.518. The minimum Gasteiger partial charge on any atom is -0.352 e. The molecule has 0 fully saturated rings. The summed E-state index contributed by atoms with van der Waals surface area (Å²) in [6.45, 7) is 2.70. The zero-order chi connectivity index (χ0) is 19.7. The molecule has 2 aromatic heterocycles. The SMILES string of the molecule is C[C@@H](C(=O)NCCn1ccc2ccc(Br)cc21)n1nnc2ccccc2c1=O. The number of benzene rings is 2. The summed E-state index contributed by atoms with van der Waals surface area (Å²) in [6.07, 6.45) is 1.99. The van der Waals surface area contributed by atoms with Gasteiger partial charge in [-0.05, 0) is 42.6 Å². The second-order valence-corrected chi connectivity index (χ2v) is 7.45. The molecule has 0 aliphatic rings. The van der Waals surface area contributed by atoms with Crippen LogP contribution >= 0.6 is 15.9 Å². The highest BCUT2D eigenvalue weighted by molar-refractivity contribution is 9.10. The molecule has 0 saturated heterocycles. The molecule has 4 aromatic rings. The van der Waals surface area contributed by atoms with E-state index in [0.717, 1.165) is 20.1 Å². The van der Waals surface area contributed by atoms with Gasteiger partial charge in [0.25, 0.3) is 5.56 Å². The Balaban J connectivity index is 1.45. The smallest absolute Gasteiger partial charge is 0.278 e. The Labute approximate surface area is 169 Å². The lowest BCUT2D eigenvalue weighted by Crippen LogP contribution is -2.38. The normalized spacial score (nSPS) is 12.4. The maximum Gasteiger partial charge on any atom is 0.278 e. The Kier molecular flexibility index (Phi) is 4.95. The molecule has 2 aromatic carbocycles. The van der Waals surface area contributed by atoms with E-state index in [1.807, 2.05) is 30.5 Å². The van der Waals surface area contributed by atoms with E-state index >= 15 is 0 Å². The Bertz CT molecular complexity index is 1230. The van der Waals surface area contributed by atoms with Crippen molar-refractivity contribution in [3.63, 3.8) is 0 Å². The van der Waals surface area contributed by atoms with Gasteiger partial charge in [-0.1, -0.05) is 39.3 Å². The van der Waals surface area contributed by atoms with Gasteiger partial charge in [-0.3, -0.25) is 9.59 Å². The minimum atomic E-state index is -0.750. The molecule has 8 heteroatoms. The molecular weight excluding hydrogens is 422 g/mol. The number of nitrogens with one attached hydrogen (secondary N) is 1. The first kappa shape index (κ1) is 18.4. The van der Waals surface area contributed by atoms with Gasteiger partial charge in [0.1, 0.15) is 11.6 Å². The van der Waals surface area contributed by atoms with Crippen molar-refractivity contribution in [1.29, 1.82) is 0 Å². The Morgan fingerprint density at radius 3 is 2.89 bits per heavy atom. The fourth-order valence-electron chi connectivity index (χ4n) is 3.17. The first-order chi connectivity index (χ1) is 13.5. The Morgan fingerprint density at radius 2 is 2.04 bits per heavy atom. The van der Waals surface area contributed by atoms with Crippen molar-refractivity contribution < 1.29 is 4.79 Å². The van der Waals surface area contributed by atoms with Gasteiger partial charge in [0.15, 0.2) is 0 Å². The highest BCUT2D eigenvalue weighted by atomic mass is 79.9. The van der Waals surface area contributed by atoms with Crippen LogP contribution in [0.25, 0.3) is 21.8 Å². The van der Waals surface area contributed by atoms with Gasteiger partial charge in [0.05, 0.1) is 5.39 Å². The Morgan fingerprint density at radius 1 is 1.21 bits per heavy atom. The molecule has 0 aliphatic heterocycles. The summed E-state index contributed by atoms with van der Waals surface area (Å²) in [5.74, 6) is -0.274. The van der Waals surface area contributed by atoms with E-state index in [2.05, 4.69) is 36.1 Å². The van der Waals surface area contributed by atoms with E-state index in [4.69, 9.17) is 0 Å². The molecule has 28 heavy (non-hydrogen) atoms. The van der Waals surface area contributed by atoms with Crippen molar-refractivity contribution in [1.82, 2.24) is 24.9 Å². The fraction of sp³-hybridized carbons (Fsp3) is 0.200. The standard InChI is InChI=1S/C20H18BrN5O2/c1-13(26-20(28)16-4-2-3-5-17(16)23-24-26)19(27)22-9-11-25-10-8-14-6-7-15(21)12-18(14)25/h2-8,10,12-13H,9,11H2,1H3,(H,22,27)/t13-/m0/s1. The van der Waals surface area contributed by atoms with Gasteiger partial charge in [-0.2, -0.15) is 4.68 Å². The summed E-state index contributed by atoms with van der Waals surface area (Å²) in [5.41, 5.74) is 1.28. The van der Waals surface area contributed by atoms with E-state index in [1.54, 1.807) is 31.2 Å². The summed E-state index contributed by atoms with van der Waals surface area (Å²) in [4.78, 5) is 25.1. The van der Waals surface area contributed by atoms with Gasteiger partial charge in [-0.25, -0.2) is 0 Å². The molecule has 0 spiro atoms. The van der Waals surface area contributed by atoms with Crippen molar-refractivity contribution in [3.8, 4) is 0 Å². The van der Waals surface area contributed by atoms with Crippen LogP contribution in [0.2, 0.25) is 0 Å². The van der Waals surface area contributed by atoms with Crippen LogP contribution in [-0.4, -0.2) is 32.0 Å². The molecule has 2 heterocycles. The molecule has 1 amide bonds. The van der Waals surface area contributed by atoms with Crippen molar-refractivity contribution in [2.45, 2.75) is 19.5 Å². The van der Waals surface area contributed by atoms with Crippen molar-refractivity contribution >= 4 is 43.6 Å². The van der Waals surface area contributed by atoms with Gasteiger partial charge in [0.2, 0.25) is 5.91 Å². The second-order valence-electron chi connectivity index (χ2n) is 6.54. The largest absolute Gasteiger partial charge is 0.352 e. The molecule has 1 atom stereocenters. The maximum atomic E-state index is 12.6. The number of carbonyl (C=O) groups is 1. The van der Waals surface area contributed by atoms with E-state index < -0.39 is 6.04 Å². The molecule has 0 radical (unpaired) electrons. The third kappa shape index (κ3) is 3.43. The van der Waals surface area contributed by atoms with Crippen LogP contribution in [0, 0.1) is 0 Å². The summed E-state index contributed by atoms with van der Waals surface area (Å²) in [7, 11) is 0. The third-order valence-electron chi connectivity index (χ3n) is 4.73. The van der Waals surface area contributed by atoms with Crippen LogP contribution in [-0.2, 0) is 11.3 Å². The van der Waals surface area contributed by atoms with Crippen LogP contribution in [0.15, 0.2) is 64.0 Å². The fourth-order valence-corrected chi connectivity index (χ4v) is 3.51. The number of nitrogens with zero attached hydrogens (tertiary/aromatic N) is 4. The summed E-state index contributed by atoms with van der Waals surface area (Å²) < 4.78 is 4.21. The zero-order valence-corrected chi connectivity index (χ0v) is 16.8. The monoisotopic (exact) mass is 439 g/mol. The molecular formula is C20H18BrN5O2. The van der Waals surface area contributed by atoms with Gasteiger partial charge >= 0.3 is 0 Å². The molecule has 0 bridgehead atoms. The highest BCUT2D eigenvalue weighted by Crippen LogP contribution is 2.20. The third-order valence-corrected chi connectivity index (χ3v) is 5.22. The topological polar surface area (TPSA) is 81.8 Å². The molecule has 0 saturated carbocycles. The summed E-state index contributed by atoms with van der Waals surface area (Å²) in [6, 6.07) is 14.3. The molecule has 0 unspecified atom stereocenters. The predicted molar refractivity (Wildman–Crippen MR) is 111 cm³/mol. The number of rotatable bonds is 5. The molecule has 7 nitrogen and oxygen atoms in total. The highest BCUT2D eigenvalue weighted by Gasteiger charge is 2.18. The lowest BCUT2D eigenvalue weighted by molar-refractivity contribution is -0.124. The summed E-state index contributed by atoms with van der Waals surface area (Å²) in [5, 5.41) is 12.4. The van der Waals surface area contributed by atoms with Crippen LogP contribution in [0.3, 0.4) is 0 Å². The van der Waals surface area contributed by atoms with Crippen LogP contribution in [0.1, 0.15) is 13.0 Å². The van der Waals surface area contributed by atoms with Crippen molar-refractivity contribution in [2.24, 2.45) is 0 Å². The predicted octanol–water partition coefficient (Wildman–Crippen LogP) is 2.89. The van der Waals surface area contributed by atoms with Gasteiger partial charge in [-0.15, -0.1) is 5.10 Å².